The van der Waals surface area contributed by atoms with E-state index in [1.54, 1.807) is 11.3 Å². The normalized spacial score (nSPS) is 15.1. The molecular formula is C20H21N3S. The molecule has 3 aromatic rings. The van der Waals surface area contributed by atoms with Crippen LogP contribution in [-0.4, -0.2) is 30.0 Å². The van der Waals surface area contributed by atoms with Gasteiger partial charge < -0.3 is 9.80 Å². The van der Waals surface area contributed by atoms with Gasteiger partial charge in [0.15, 0.2) is 0 Å². The summed E-state index contributed by atoms with van der Waals surface area (Å²) in [6.45, 7) is 4.07. The van der Waals surface area contributed by atoms with Crippen LogP contribution in [0, 0.1) is 0 Å². The number of aromatic nitrogens is 1. The van der Waals surface area contributed by atoms with Crippen molar-refractivity contribution in [2.75, 3.05) is 25.0 Å². The molecule has 0 atom stereocenters. The van der Waals surface area contributed by atoms with Crippen LogP contribution < -0.4 is 4.90 Å². The van der Waals surface area contributed by atoms with E-state index in [0.717, 1.165) is 31.2 Å². The van der Waals surface area contributed by atoms with Crippen molar-refractivity contribution in [3.05, 3.63) is 71.2 Å². The molecule has 4 heteroatoms. The van der Waals surface area contributed by atoms with Crippen LogP contribution in [0.4, 0.5) is 5.69 Å². The lowest BCUT2D eigenvalue weighted by molar-refractivity contribution is 0.341. The molecule has 0 aliphatic carbocycles. The second kappa shape index (κ2) is 6.75. The first-order valence-electron chi connectivity index (χ1n) is 8.31. The van der Waals surface area contributed by atoms with Gasteiger partial charge in [0.2, 0.25) is 0 Å². The van der Waals surface area contributed by atoms with E-state index in [-0.39, 0.29) is 0 Å². The van der Waals surface area contributed by atoms with Gasteiger partial charge >= 0.3 is 0 Å². The van der Waals surface area contributed by atoms with Gasteiger partial charge in [-0.15, -0.1) is 11.3 Å². The topological polar surface area (TPSA) is 19.4 Å². The maximum Gasteiger partial charge on any atom is 0.123 e. The van der Waals surface area contributed by atoms with E-state index in [9.17, 15) is 0 Å². The van der Waals surface area contributed by atoms with Gasteiger partial charge in [-0.05, 0) is 18.7 Å². The maximum absolute atomic E-state index is 4.63. The molecule has 2 heterocycles. The number of fused-ring (bicyclic) bond motifs is 1. The highest BCUT2D eigenvalue weighted by Crippen LogP contribution is 2.29. The lowest BCUT2D eigenvalue weighted by Gasteiger charge is -2.23. The number of benzene rings is 2. The zero-order chi connectivity index (χ0) is 16.4. The first kappa shape index (κ1) is 15.4. The molecule has 1 aromatic heterocycles. The Morgan fingerprint density at radius 3 is 2.67 bits per heavy atom. The smallest absolute Gasteiger partial charge is 0.123 e. The van der Waals surface area contributed by atoms with Crippen LogP contribution in [0.1, 0.15) is 10.4 Å². The van der Waals surface area contributed by atoms with Gasteiger partial charge in [-0.3, -0.25) is 0 Å². The zero-order valence-electron chi connectivity index (χ0n) is 13.9. The number of nitrogens with zero attached hydrogens (tertiary/aromatic N) is 3. The number of likely N-dealkylation sites (N-methyl/N-ethyl adjacent to an activating group) is 1. The minimum absolute atomic E-state index is 0.926. The molecule has 4 rings (SSSR count). The summed E-state index contributed by atoms with van der Waals surface area (Å²) in [5, 5.41) is 1.10. The van der Waals surface area contributed by atoms with Crippen molar-refractivity contribution < 1.29 is 0 Å². The Labute approximate surface area is 147 Å². The fourth-order valence-corrected chi connectivity index (χ4v) is 4.12. The fraction of sp³-hybridized carbons (Fsp3) is 0.250. The van der Waals surface area contributed by atoms with E-state index in [1.165, 1.54) is 21.7 Å². The summed E-state index contributed by atoms with van der Waals surface area (Å²) in [7, 11) is 2.19. The lowest BCUT2D eigenvalue weighted by Crippen LogP contribution is -2.28. The summed E-state index contributed by atoms with van der Waals surface area (Å²) >= 11 is 1.80. The number of anilines is 1. The van der Waals surface area contributed by atoms with E-state index in [1.807, 2.05) is 12.3 Å². The number of rotatable bonds is 3. The molecular weight excluding hydrogens is 314 g/mol. The number of para-hydroxylation sites is 1. The average Bonchev–Trinajstić information content (AvgIpc) is 3.02. The van der Waals surface area contributed by atoms with Crippen molar-refractivity contribution >= 4 is 17.0 Å². The molecule has 0 radical (unpaired) electrons. The Bertz CT molecular complexity index is 813. The van der Waals surface area contributed by atoms with Crippen LogP contribution in [0.3, 0.4) is 0 Å². The van der Waals surface area contributed by atoms with Crippen LogP contribution >= 0.6 is 11.3 Å². The van der Waals surface area contributed by atoms with Gasteiger partial charge in [-0.1, -0.05) is 48.5 Å². The van der Waals surface area contributed by atoms with Crippen molar-refractivity contribution in [3.8, 4) is 10.6 Å². The van der Waals surface area contributed by atoms with Crippen molar-refractivity contribution in [1.29, 1.82) is 0 Å². The summed E-state index contributed by atoms with van der Waals surface area (Å²) < 4.78 is 0. The van der Waals surface area contributed by atoms with Crippen LogP contribution in [0.15, 0.2) is 60.8 Å². The van der Waals surface area contributed by atoms with E-state index in [4.69, 9.17) is 0 Å². The molecule has 24 heavy (non-hydrogen) atoms. The summed E-state index contributed by atoms with van der Waals surface area (Å²) in [6.07, 6.45) is 2.03. The Kier molecular flexibility index (Phi) is 4.32. The molecule has 0 fully saturated rings. The number of hydrogen-bond acceptors (Lipinski definition) is 4. The predicted molar refractivity (Wildman–Crippen MR) is 101 cm³/mol. The SMILES string of the molecule is CN1CCN(Cc2cnc(-c3ccccc3)s2)c2ccccc2C1. The summed E-state index contributed by atoms with van der Waals surface area (Å²) in [5.41, 5.74) is 3.96. The van der Waals surface area contributed by atoms with Gasteiger partial charge in [0.1, 0.15) is 5.01 Å². The number of hydrogen-bond donors (Lipinski definition) is 0. The monoisotopic (exact) mass is 335 g/mol. The van der Waals surface area contributed by atoms with Crippen LogP contribution in [0.25, 0.3) is 10.6 Å². The molecule has 0 N–H and O–H groups in total. The molecule has 0 spiro atoms. The summed E-state index contributed by atoms with van der Waals surface area (Å²) in [4.78, 5) is 10.8. The van der Waals surface area contributed by atoms with Crippen LogP contribution in [0.5, 0.6) is 0 Å². The largest absolute Gasteiger partial charge is 0.365 e. The second-order valence-corrected chi connectivity index (χ2v) is 7.40. The fourth-order valence-electron chi connectivity index (χ4n) is 3.18. The third-order valence-corrected chi connectivity index (χ3v) is 5.48. The molecule has 1 aliphatic rings. The van der Waals surface area contributed by atoms with Crippen molar-refractivity contribution in [1.82, 2.24) is 9.88 Å². The molecule has 0 bridgehead atoms. The third-order valence-electron chi connectivity index (χ3n) is 4.45. The van der Waals surface area contributed by atoms with Gasteiger partial charge in [-0.2, -0.15) is 0 Å². The highest BCUT2D eigenvalue weighted by atomic mass is 32.1. The molecule has 1 aliphatic heterocycles. The third kappa shape index (κ3) is 3.21. The predicted octanol–water partition coefficient (Wildman–Crippen LogP) is 4.26. The average molecular weight is 335 g/mol. The second-order valence-electron chi connectivity index (χ2n) is 6.29. The van der Waals surface area contributed by atoms with Crippen molar-refractivity contribution in [3.63, 3.8) is 0 Å². The first-order valence-corrected chi connectivity index (χ1v) is 9.13. The standard InChI is InChI=1S/C20H21N3S/c1-22-11-12-23(19-10-6-5-9-17(19)14-22)15-18-13-21-20(24-18)16-7-3-2-4-8-16/h2-10,13H,11-12,14-15H2,1H3. The minimum Gasteiger partial charge on any atom is -0.365 e. The van der Waals surface area contributed by atoms with Gasteiger partial charge in [0.25, 0.3) is 0 Å². The molecule has 122 valence electrons. The van der Waals surface area contributed by atoms with Gasteiger partial charge in [0.05, 0.1) is 6.54 Å². The Hall–Kier alpha value is -2.17. The van der Waals surface area contributed by atoms with E-state index < -0.39 is 0 Å². The highest BCUT2D eigenvalue weighted by Gasteiger charge is 2.18. The molecule has 0 unspecified atom stereocenters. The van der Waals surface area contributed by atoms with Crippen molar-refractivity contribution in [2.24, 2.45) is 0 Å². The first-order chi connectivity index (χ1) is 11.8. The Morgan fingerprint density at radius 1 is 1.00 bits per heavy atom. The minimum atomic E-state index is 0.926. The van der Waals surface area contributed by atoms with Crippen LogP contribution in [-0.2, 0) is 13.1 Å². The molecule has 3 nitrogen and oxygen atoms in total. The van der Waals surface area contributed by atoms with E-state index >= 15 is 0 Å². The van der Waals surface area contributed by atoms with Gasteiger partial charge in [0, 0.05) is 42.0 Å². The Morgan fingerprint density at radius 2 is 1.79 bits per heavy atom. The summed E-state index contributed by atoms with van der Waals surface area (Å²) in [6, 6.07) is 19.2. The van der Waals surface area contributed by atoms with Crippen LogP contribution in [0.2, 0.25) is 0 Å². The maximum atomic E-state index is 4.63. The van der Waals surface area contributed by atoms with Gasteiger partial charge in [-0.25, -0.2) is 4.98 Å². The Balaban J connectivity index is 1.58. The molecule has 2 aromatic carbocycles. The van der Waals surface area contributed by atoms with Crippen molar-refractivity contribution in [2.45, 2.75) is 13.1 Å². The molecule has 0 saturated heterocycles. The quantitative estimate of drug-likeness (QED) is 0.713. The highest BCUT2D eigenvalue weighted by molar-refractivity contribution is 7.15. The zero-order valence-corrected chi connectivity index (χ0v) is 14.7. The van der Waals surface area contributed by atoms with E-state index in [0.29, 0.717) is 0 Å². The summed E-state index contributed by atoms with van der Waals surface area (Å²) in [5.74, 6) is 0. The lowest BCUT2D eigenvalue weighted by atomic mass is 10.1. The molecule has 0 amide bonds. The molecule has 0 saturated carbocycles. The number of thiazole rings is 1. The van der Waals surface area contributed by atoms with E-state index in [2.05, 4.69) is 70.4 Å².